The fourth-order valence-corrected chi connectivity index (χ4v) is 7.34. The maximum absolute atomic E-state index is 13.3. The third-order valence-electron chi connectivity index (χ3n) is 7.53. The van der Waals surface area contributed by atoms with E-state index in [-0.39, 0.29) is 29.0 Å². The number of benzene rings is 1. The van der Waals surface area contributed by atoms with Crippen molar-refractivity contribution in [3.63, 3.8) is 0 Å². The molecule has 5 rings (SSSR count). The summed E-state index contributed by atoms with van der Waals surface area (Å²) >= 11 is 0. The first-order valence-corrected chi connectivity index (χ1v) is 16.0. The number of fused-ring (bicyclic) bond motifs is 1. The lowest BCUT2D eigenvalue weighted by atomic mass is 9.88. The second-order valence-electron chi connectivity index (χ2n) is 10.2. The van der Waals surface area contributed by atoms with Crippen LogP contribution in [0.15, 0.2) is 46.3 Å². The van der Waals surface area contributed by atoms with Crippen LogP contribution in [0.4, 0.5) is 0 Å². The van der Waals surface area contributed by atoms with Gasteiger partial charge in [0.2, 0.25) is 20.0 Å². The van der Waals surface area contributed by atoms with Crippen LogP contribution in [0.2, 0.25) is 0 Å². The van der Waals surface area contributed by atoms with E-state index in [1.807, 2.05) is 0 Å². The SMILES string of the molecule is CNS(=O)(=O)c1cccc(OCC(O)CNC2COC3(CCN(S(=O)(=O)c4cnc5[nH]nc(C)c5c4)CC3)C2)c1. The molecule has 4 N–H and O–H groups in total. The van der Waals surface area contributed by atoms with E-state index in [1.54, 1.807) is 25.1 Å². The summed E-state index contributed by atoms with van der Waals surface area (Å²) in [5.41, 5.74) is 0.840. The van der Waals surface area contributed by atoms with Gasteiger partial charge in [-0.2, -0.15) is 9.40 Å². The van der Waals surface area contributed by atoms with E-state index in [0.29, 0.717) is 61.4 Å². The number of aromatic nitrogens is 3. The first kappa shape index (κ1) is 28.9. The van der Waals surface area contributed by atoms with Gasteiger partial charge in [0.15, 0.2) is 5.65 Å². The van der Waals surface area contributed by atoms with Crippen molar-refractivity contribution in [2.75, 3.05) is 39.9 Å². The zero-order valence-corrected chi connectivity index (χ0v) is 24.0. The third kappa shape index (κ3) is 6.00. The summed E-state index contributed by atoms with van der Waals surface area (Å²) < 4.78 is 66.0. The minimum atomic E-state index is -3.70. The maximum Gasteiger partial charge on any atom is 0.244 e. The van der Waals surface area contributed by atoms with Gasteiger partial charge in [-0.3, -0.25) is 5.10 Å². The molecular formula is C25H34N6O7S2. The molecule has 0 aliphatic carbocycles. The Kier molecular flexibility index (Phi) is 8.16. The average molecular weight is 595 g/mol. The molecule has 1 aromatic carbocycles. The maximum atomic E-state index is 13.3. The molecule has 2 aromatic heterocycles. The minimum absolute atomic E-state index is 0.0116. The quantitative estimate of drug-likeness (QED) is 0.259. The summed E-state index contributed by atoms with van der Waals surface area (Å²) in [6.45, 7) is 3.20. The van der Waals surface area contributed by atoms with E-state index >= 15 is 0 Å². The Balaban J connectivity index is 1.09. The van der Waals surface area contributed by atoms with Gasteiger partial charge in [0.05, 0.1) is 22.8 Å². The predicted molar refractivity (Wildman–Crippen MR) is 146 cm³/mol. The third-order valence-corrected chi connectivity index (χ3v) is 10.8. The van der Waals surface area contributed by atoms with Gasteiger partial charge < -0.3 is 19.9 Å². The molecular weight excluding hydrogens is 560 g/mol. The van der Waals surface area contributed by atoms with Crippen LogP contribution in [0.25, 0.3) is 11.0 Å². The van der Waals surface area contributed by atoms with Crippen LogP contribution in [-0.4, -0.2) is 99.1 Å². The number of nitrogens with one attached hydrogen (secondary N) is 3. The van der Waals surface area contributed by atoms with Crippen LogP contribution in [0.1, 0.15) is 25.0 Å². The van der Waals surface area contributed by atoms with E-state index in [4.69, 9.17) is 9.47 Å². The van der Waals surface area contributed by atoms with Gasteiger partial charge in [0, 0.05) is 43.3 Å². The van der Waals surface area contributed by atoms with Crippen molar-refractivity contribution >= 4 is 31.1 Å². The largest absolute Gasteiger partial charge is 0.491 e. The van der Waals surface area contributed by atoms with Gasteiger partial charge in [0.1, 0.15) is 23.4 Å². The molecule has 0 saturated carbocycles. The summed E-state index contributed by atoms with van der Waals surface area (Å²) in [4.78, 5) is 4.45. The lowest BCUT2D eigenvalue weighted by molar-refractivity contribution is -0.0312. The predicted octanol–water partition coefficient (Wildman–Crippen LogP) is 0.516. The first-order chi connectivity index (χ1) is 19.0. The number of hydrogen-bond donors (Lipinski definition) is 4. The number of hydrogen-bond acceptors (Lipinski definition) is 10. The van der Waals surface area contributed by atoms with Crippen LogP contribution < -0.4 is 14.8 Å². The zero-order chi connectivity index (χ0) is 28.5. The smallest absolute Gasteiger partial charge is 0.244 e. The summed E-state index contributed by atoms with van der Waals surface area (Å²) in [7, 11) is -5.95. The molecule has 15 heteroatoms. The highest BCUT2D eigenvalue weighted by Gasteiger charge is 2.44. The normalized spacial score (nSPS) is 20.7. The number of aryl methyl sites for hydroxylation is 1. The van der Waals surface area contributed by atoms with E-state index < -0.39 is 31.8 Å². The molecule has 218 valence electrons. The van der Waals surface area contributed by atoms with Crippen LogP contribution in [0.5, 0.6) is 5.75 Å². The topological polar surface area (TPSA) is 176 Å². The highest BCUT2D eigenvalue weighted by atomic mass is 32.2. The molecule has 0 amide bonds. The highest BCUT2D eigenvalue weighted by molar-refractivity contribution is 7.89. The number of H-pyrrole nitrogens is 1. The second kappa shape index (κ2) is 11.3. The monoisotopic (exact) mass is 594 g/mol. The molecule has 2 atom stereocenters. The van der Waals surface area contributed by atoms with Crippen molar-refractivity contribution in [2.45, 2.75) is 53.7 Å². The Morgan fingerprint density at radius 2 is 2.00 bits per heavy atom. The molecule has 0 bridgehead atoms. The molecule has 4 heterocycles. The molecule has 2 saturated heterocycles. The van der Waals surface area contributed by atoms with E-state index in [1.165, 1.54) is 29.7 Å². The van der Waals surface area contributed by atoms with Crippen molar-refractivity contribution < 1.29 is 31.4 Å². The van der Waals surface area contributed by atoms with Crippen LogP contribution in [-0.2, 0) is 24.8 Å². The van der Waals surface area contributed by atoms with Gasteiger partial charge in [0.25, 0.3) is 0 Å². The minimum Gasteiger partial charge on any atom is -0.491 e. The molecule has 13 nitrogen and oxygen atoms in total. The number of aliphatic hydroxyl groups is 1. The Morgan fingerprint density at radius 3 is 2.75 bits per heavy atom. The Morgan fingerprint density at radius 1 is 1.23 bits per heavy atom. The Hall–Kier alpha value is -2.66. The number of nitrogens with zero attached hydrogens (tertiary/aromatic N) is 3. The van der Waals surface area contributed by atoms with Crippen molar-refractivity contribution in [3.8, 4) is 5.75 Å². The number of rotatable bonds is 10. The van der Waals surface area contributed by atoms with Crippen LogP contribution in [0, 0.1) is 6.92 Å². The van der Waals surface area contributed by atoms with Gasteiger partial charge in [-0.15, -0.1) is 0 Å². The fraction of sp³-hybridized carbons (Fsp3) is 0.520. The fourth-order valence-electron chi connectivity index (χ4n) is 5.16. The zero-order valence-electron chi connectivity index (χ0n) is 22.3. The van der Waals surface area contributed by atoms with Gasteiger partial charge in [-0.25, -0.2) is 26.5 Å². The van der Waals surface area contributed by atoms with Gasteiger partial charge in [-0.1, -0.05) is 6.07 Å². The summed E-state index contributed by atoms with van der Waals surface area (Å²) in [6.07, 6.45) is 2.39. The molecule has 2 aliphatic rings. The first-order valence-electron chi connectivity index (χ1n) is 13.0. The Labute approximate surface area is 233 Å². The summed E-state index contributed by atoms with van der Waals surface area (Å²) in [5, 5.41) is 21.3. The Bertz CT molecular complexity index is 1570. The van der Waals surface area contributed by atoms with Crippen molar-refractivity contribution in [1.82, 2.24) is 29.5 Å². The molecule has 2 fully saturated rings. The lowest BCUT2D eigenvalue weighted by Gasteiger charge is -2.38. The highest BCUT2D eigenvalue weighted by Crippen LogP contribution is 2.37. The molecule has 0 radical (unpaired) electrons. The second-order valence-corrected chi connectivity index (χ2v) is 14.1. The molecule has 2 aliphatic heterocycles. The van der Waals surface area contributed by atoms with Crippen LogP contribution >= 0.6 is 0 Å². The van der Waals surface area contributed by atoms with Crippen LogP contribution in [0.3, 0.4) is 0 Å². The molecule has 3 aromatic rings. The van der Waals surface area contributed by atoms with Crippen molar-refractivity contribution in [2.24, 2.45) is 0 Å². The number of pyridine rings is 1. The van der Waals surface area contributed by atoms with Gasteiger partial charge >= 0.3 is 0 Å². The summed E-state index contributed by atoms with van der Waals surface area (Å²) in [5.74, 6) is 0.343. The van der Waals surface area contributed by atoms with E-state index in [0.717, 1.165) is 0 Å². The van der Waals surface area contributed by atoms with Crippen molar-refractivity contribution in [3.05, 3.63) is 42.2 Å². The number of ether oxygens (including phenoxy) is 2. The van der Waals surface area contributed by atoms with Gasteiger partial charge in [-0.05, 0) is 51.4 Å². The molecule has 2 unspecified atom stereocenters. The molecule has 1 spiro atoms. The van der Waals surface area contributed by atoms with E-state index in [9.17, 15) is 21.9 Å². The standard InChI is InChI=1S/C25H34N6O7S2/c1-17-23-11-22(14-28-24(23)30-29-17)40(35,36)31-8-6-25(7-9-31)12-18(15-38-25)27-13-19(32)16-37-20-4-3-5-21(10-20)39(33,34)26-2/h3-5,10-11,14,18-19,26-27,32H,6-9,12-13,15-16H2,1-2H3,(H,28,29,30). The van der Waals surface area contributed by atoms with Crippen molar-refractivity contribution in [1.29, 1.82) is 0 Å². The number of aromatic amines is 1. The lowest BCUT2D eigenvalue weighted by Crippen LogP contribution is -2.47. The summed E-state index contributed by atoms with van der Waals surface area (Å²) in [6, 6.07) is 7.70. The number of aliphatic hydroxyl groups excluding tert-OH is 1. The molecule has 40 heavy (non-hydrogen) atoms. The van der Waals surface area contributed by atoms with E-state index in [2.05, 4.69) is 25.2 Å². The number of piperidine rings is 1. The average Bonchev–Trinajstić information content (AvgIpc) is 3.53. The number of sulfonamides is 2.